The fraction of sp³-hybridized carbons (Fsp3) is 0.278. The van der Waals surface area contributed by atoms with Crippen LogP contribution < -0.4 is 10.1 Å². The molecule has 0 unspecified atom stereocenters. The van der Waals surface area contributed by atoms with Crippen molar-refractivity contribution in [3.05, 3.63) is 46.3 Å². The van der Waals surface area contributed by atoms with Gasteiger partial charge >= 0.3 is 5.97 Å². The SMILES string of the molecule is COc1ccc(C)cc1CC(=O)O[C@@H](C)C(=O)Nc1sccc1C#N. The zero-order chi connectivity index (χ0) is 18.4. The number of carbonyl (C=O) groups excluding carboxylic acids is 2. The first kappa shape index (κ1) is 18.5. The number of thiophene rings is 1. The lowest BCUT2D eigenvalue weighted by atomic mass is 10.1. The molecule has 1 aromatic carbocycles. The molecule has 130 valence electrons. The van der Waals surface area contributed by atoms with Crippen LogP contribution in [0, 0.1) is 18.3 Å². The molecule has 0 aliphatic rings. The van der Waals surface area contributed by atoms with Crippen LogP contribution >= 0.6 is 11.3 Å². The third kappa shape index (κ3) is 4.81. The maximum Gasteiger partial charge on any atom is 0.311 e. The normalized spacial score (nSPS) is 11.3. The fourth-order valence-corrected chi connectivity index (χ4v) is 2.94. The quantitative estimate of drug-likeness (QED) is 0.802. The summed E-state index contributed by atoms with van der Waals surface area (Å²) >= 11 is 1.24. The average molecular weight is 358 g/mol. The predicted molar refractivity (Wildman–Crippen MR) is 94.7 cm³/mol. The molecule has 25 heavy (non-hydrogen) atoms. The van der Waals surface area contributed by atoms with Crippen LogP contribution in [0.15, 0.2) is 29.6 Å². The van der Waals surface area contributed by atoms with Crippen LogP contribution in [-0.2, 0) is 20.7 Å². The number of amides is 1. The highest BCUT2D eigenvalue weighted by Crippen LogP contribution is 2.23. The topological polar surface area (TPSA) is 88.4 Å². The largest absolute Gasteiger partial charge is 0.496 e. The lowest BCUT2D eigenvalue weighted by Crippen LogP contribution is -2.30. The van der Waals surface area contributed by atoms with Crippen LogP contribution in [0.1, 0.15) is 23.6 Å². The second-order valence-electron chi connectivity index (χ2n) is 5.39. The van der Waals surface area contributed by atoms with Gasteiger partial charge in [0.2, 0.25) is 0 Å². The van der Waals surface area contributed by atoms with Crippen LogP contribution in [0.4, 0.5) is 5.00 Å². The van der Waals surface area contributed by atoms with E-state index in [9.17, 15) is 9.59 Å². The van der Waals surface area contributed by atoms with Gasteiger partial charge in [-0.3, -0.25) is 9.59 Å². The predicted octanol–water partition coefficient (Wildman–Crippen LogP) is 3.05. The summed E-state index contributed by atoms with van der Waals surface area (Å²) in [6.07, 6.45) is -0.970. The van der Waals surface area contributed by atoms with Gasteiger partial charge in [0.05, 0.1) is 19.1 Å². The van der Waals surface area contributed by atoms with Gasteiger partial charge in [0, 0.05) is 5.56 Å². The van der Waals surface area contributed by atoms with Gasteiger partial charge in [0.1, 0.15) is 16.8 Å². The Hall–Kier alpha value is -2.85. The van der Waals surface area contributed by atoms with Gasteiger partial charge in [-0.15, -0.1) is 11.3 Å². The van der Waals surface area contributed by atoms with Crippen molar-refractivity contribution < 1.29 is 19.1 Å². The number of rotatable bonds is 6. The molecule has 1 aromatic heterocycles. The van der Waals surface area contributed by atoms with Crippen molar-refractivity contribution in [3.8, 4) is 11.8 Å². The van der Waals surface area contributed by atoms with E-state index in [1.807, 2.05) is 25.1 Å². The summed E-state index contributed by atoms with van der Waals surface area (Å²) in [6.45, 7) is 3.40. The van der Waals surface area contributed by atoms with Crippen molar-refractivity contribution in [1.29, 1.82) is 5.26 Å². The van der Waals surface area contributed by atoms with Crippen molar-refractivity contribution in [2.45, 2.75) is 26.4 Å². The Labute approximate surface area is 150 Å². The van der Waals surface area contributed by atoms with Gasteiger partial charge in [-0.05, 0) is 31.4 Å². The maximum atomic E-state index is 12.1. The van der Waals surface area contributed by atoms with E-state index in [2.05, 4.69) is 5.32 Å². The molecule has 0 fully saturated rings. The van der Waals surface area contributed by atoms with Crippen molar-refractivity contribution in [3.63, 3.8) is 0 Å². The minimum absolute atomic E-state index is 0.00488. The second kappa shape index (κ2) is 8.31. The third-order valence-corrected chi connectivity index (χ3v) is 4.30. The molecule has 2 rings (SSSR count). The van der Waals surface area contributed by atoms with Gasteiger partial charge < -0.3 is 14.8 Å². The van der Waals surface area contributed by atoms with Gasteiger partial charge in [-0.1, -0.05) is 17.7 Å². The van der Waals surface area contributed by atoms with E-state index in [1.165, 1.54) is 25.4 Å². The number of hydrogen-bond acceptors (Lipinski definition) is 6. The monoisotopic (exact) mass is 358 g/mol. The molecule has 1 N–H and O–H groups in total. The van der Waals surface area contributed by atoms with Gasteiger partial charge in [-0.25, -0.2) is 0 Å². The van der Waals surface area contributed by atoms with E-state index in [4.69, 9.17) is 14.7 Å². The van der Waals surface area contributed by atoms with Gasteiger partial charge in [-0.2, -0.15) is 5.26 Å². The number of aryl methyl sites for hydroxylation is 1. The number of nitrogens with zero attached hydrogens (tertiary/aromatic N) is 1. The number of ether oxygens (including phenoxy) is 2. The number of anilines is 1. The van der Waals surface area contributed by atoms with E-state index in [0.29, 0.717) is 21.9 Å². The summed E-state index contributed by atoms with van der Waals surface area (Å²) in [6, 6.07) is 9.11. The minimum Gasteiger partial charge on any atom is -0.496 e. The van der Waals surface area contributed by atoms with Crippen molar-refractivity contribution in [2.75, 3.05) is 12.4 Å². The molecule has 0 spiro atoms. The Balaban J connectivity index is 1.97. The van der Waals surface area contributed by atoms with Crippen molar-refractivity contribution in [1.82, 2.24) is 0 Å². The van der Waals surface area contributed by atoms with Gasteiger partial charge in [0.15, 0.2) is 6.10 Å². The maximum absolute atomic E-state index is 12.1. The summed E-state index contributed by atoms with van der Waals surface area (Å²) in [4.78, 5) is 24.3. The fourth-order valence-electron chi connectivity index (χ4n) is 2.20. The van der Waals surface area contributed by atoms with Crippen LogP contribution in [0.2, 0.25) is 0 Å². The molecule has 1 amide bonds. The molecule has 0 bridgehead atoms. The highest BCUT2D eigenvalue weighted by Gasteiger charge is 2.20. The average Bonchev–Trinajstić information content (AvgIpc) is 3.02. The Morgan fingerprint density at radius 3 is 2.80 bits per heavy atom. The third-order valence-electron chi connectivity index (χ3n) is 3.47. The molecule has 0 radical (unpaired) electrons. The molecule has 1 heterocycles. The lowest BCUT2D eigenvalue weighted by molar-refractivity contribution is -0.152. The molecule has 6 nitrogen and oxygen atoms in total. The number of hydrogen-bond donors (Lipinski definition) is 1. The first-order valence-corrected chi connectivity index (χ1v) is 8.44. The minimum atomic E-state index is -0.975. The van der Waals surface area contributed by atoms with E-state index in [0.717, 1.165) is 5.56 Å². The van der Waals surface area contributed by atoms with Crippen LogP contribution in [-0.4, -0.2) is 25.1 Å². The Bertz CT molecular complexity index is 823. The van der Waals surface area contributed by atoms with Crippen LogP contribution in [0.5, 0.6) is 5.75 Å². The number of methoxy groups -OCH3 is 1. The number of esters is 1. The van der Waals surface area contributed by atoms with E-state index in [1.54, 1.807) is 17.5 Å². The standard InChI is InChI=1S/C18H18N2O4S/c1-11-4-5-15(23-3)14(8-11)9-16(21)24-12(2)17(22)20-18-13(10-19)6-7-25-18/h4-8,12H,9H2,1-3H3,(H,20,22)/t12-/m0/s1. The molecule has 2 aromatic rings. The summed E-state index contributed by atoms with van der Waals surface area (Å²) in [7, 11) is 1.53. The molecule has 0 aliphatic heterocycles. The highest BCUT2D eigenvalue weighted by molar-refractivity contribution is 7.14. The van der Waals surface area contributed by atoms with Crippen LogP contribution in [0.25, 0.3) is 0 Å². The Morgan fingerprint density at radius 2 is 2.12 bits per heavy atom. The highest BCUT2D eigenvalue weighted by atomic mass is 32.1. The molecular formula is C18H18N2O4S. The molecule has 0 aliphatic carbocycles. The molecule has 0 saturated heterocycles. The summed E-state index contributed by atoms with van der Waals surface area (Å²) in [5.41, 5.74) is 2.07. The Morgan fingerprint density at radius 1 is 1.36 bits per heavy atom. The van der Waals surface area contributed by atoms with E-state index >= 15 is 0 Å². The van der Waals surface area contributed by atoms with E-state index in [-0.39, 0.29) is 6.42 Å². The van der Waals surface area contributed by atoms with Crippen molar-refractivity contribution in [2.24, 2.45) is 0 Å². The summed E-state index contributed by atoms with van der Waals surface area (Å²) in [5.74, 6) is -0.418. The summed E-state index contributed by atoms with van der Waals surface area (Å²) < 4.78 is 10.4. The van der Waals surface area contributed by atoms with E-state index < -0.39 is 18.0 Å². The first-order chi connectivity index (χ1) is 11.9. The van der Waals surface area contributed by atoms with Crippen molar-refractivity contribution >= 4 is 28.2 Å². The van der Waals surface area contributed by atoms with Gasteiger partial charge in [0.25, 0.3) is 5.91 Å². The lowest BCUT2D eigenvalue weighted by Gasteiger charge is -2.14. The molecule has 1 atom stereocenters. The smallest absolute Gasteiger partial charge is 0.311 e. The number of nitriles is 1. The molecular weight excluding hydrogens is 340 g/mol. The Kier molecular flexibility index (Phi) is 6.14. The number of nitrogens with one attached hydrogen (secondary N) is 1. The van der Waals surface area contributed by atoms with Crippen LogP contribution in [0.3, 0.4) is 0 Å². The molecule has 0 saturated carbocycles. The zero-order valence-corrected chi connectivity index (χ0v) is 15.0. The first-order valence-electron chi connectivity index (χ1n) is 7.56. The number of benzene rings is 1. The summed E-state index contributed by atoms with van der Waals surface area (Å²) in [5, 5.41) is 13.7. The number of carbonyl (C=O) groups is 2. The molecule has 7 heteroatoms. The zero-order valence-electron chi connectivity index (χ0n) is 14.2. The second-order valence-corrected chi connectivity index (χ2v) is 6.30.